The summed E-state index contributed by atoms with van der Waals surface area (Å²) < 4.78 is 0. The standard InChI is InChI=1S/C14H21N3O2/c1-14(2,13(19)15-3)10-16-9-12(18)17-11-7-5-4-6-8-11/h4-8,16H,9-10H2,1-3H3,(H,15,19)(H,17,18). The van der Waals surface area contributed by atoms with Crippen LogP contribution in [0.1, 0.15) is 13.8 Å². The van der Waals surface area contributed by atoms with Gasteiger partial charge in [0.25, 0.3) is 0 Å². The number of amides is 2. The van der Waals surface area contributed by atoms with Crippen molar-refractivity contribution in [3.8, 4) is 0 Å². The predicted octanol–water partition coefficient (Wildman–Crippen LogP) is 0.987. The van der Waals surface area contributed by atoms with Crippen LogP contribution in [0.5, 0.6) is 0 Å². The van der Waals surface area contributed by atoms with E-state index < -0.39 is 5.41 Å². The summed E-state index contributed by atoms with van der Waals surface area (Å²) in [5.41, 5.74) is 0.224. The Hall–Kier alpha value is -1.88. The highest BCUT2D eigenvalue weighted by molar-refractivity contribution is 5.92. The summed E-state index contributed by atoms with van der Waals surface area (Å²) >= 11 is 0. The lowest BCUT2D eigenvalue weighted by molar-refractivity contribution is -0.128. The van der Waals surface area contributed by atoms with Crippen molar-refractivity contribution in [1.82, 2.24) is 10.6 Å². The third-order valence-corrected chi connectivity index (χ3v) is 2.75. The molecule has 0 bridgehead atoms. The van der Waals surface area contributed by atoms with Gasteiger partial charge in [-0.25, -0.2) is 0 Å². The van der Waals surface area contributed by atoms with E-state index in [9.17, 15) is 9.59 Å². The Morgan fingerprint density at radius 2 is 1.79 bits per heavy atom. The minimum atomic E-state index is -0.540. The first-order valence-corrected chi connectivity index (χ1v) is 6.23. The molecule has 0 fully saturated rings. The van der Waals surface area contributed by atoms with Gasteiger partial charge in [0, 0.05) is 19.3 Å². The summed E-state index contributed by atoms with van der Waals surface area (Å²) in [5, 5.41) is 8.36. The van der Waals surface area contributed by atoms with Gasteiger partial charge in [-0.05, 0) is 26.0 Å². The van der Waals surface area contributed by atoms with Crippen molar-refractivity contribution >= 4 is 17.5 Å². The molecule has 0 unspecified atom stereocenters. The second-order valence-electron chi connectivity index (χ2n) is 4.98. The largest absolute Gasteiger partial charge is 0.359 e. The zero-order valence-corrected chi connectivity index (χ0v) is 11.6. The third-order valence-electron chi connectivity index (χ3n) is 2.75. The molecule has 0 aliphatic heterocycles. The van der Waals surface area contributed by atoms with Crippen LogP contribution in [0.2, 0.25) is 0 Å². The topological polar surface area (TPSA) is 70.2 Å². The Morgan fingerprint density at radius 1 is 1.16 bits per heavy atom. The van der Waals surface area contributed by atoms with Crippen LogP contribution < -0.4 is 16.0 Å². The van der Waals surface area contributed by atoms with Gasteiger partial charge in [0.05, 0.1) is 12.0 Å². The molecule has 3 N–H and O–H groups in total. The quantitative estimate of drug-likeness (QED) is 0.716. The molecule has 0 aliphatic rings. The second-order valence-corrected chi connectivity index (χ2v) is 4.98. The van der Waals surface area contributed by atoms with Crippen LogP contribution in [0.25, 0.3) is 0 Å². The SMILES string of the molecule is CNC(=O)C(C)(C)CNCC(=O)Nc1ccccc1. The monoisotopic (exact) mass is 263 g/mol. The molecule has 1 rings (SSSR count). The lowest BCUT2D eigenvalue weighted by Gasteiger charge is -2.22. The number of hydrogen-bond acceptors (Lipinski definition) is 3. The number of hydrogen-bond donors (Lipinski definition) is 3. The first-order valence-electron chi connectivity index (χ1n) is 6.23. The minimum Gasteiger partial charge on any atom is -0.359 e. The highest BCUT2D eigenvalue weighted by Gasteiger charge is 2.26. The van der Waals surface area contributed by atoms with Gasteiger partial charge in [-0.1, -0.05) is 18.2 Å². The molecule has 0 atom stereocenters. The van der Waals surface area contributed by atoms with Crippen molar-refractivity contribution in [2.24, 2.45) is 5.41 Å². The Balaban J connectivity index is 2.33. The number of benzene rings is 1. The first kappa shape index (κ1) is 15.2. The molecule has 0 radical (unpaired) electrons. The zero-order valence-electron chi connectivity index (χ0n) is 11.6. The number of carbonyl (C=O) groups is 2. The summed E-state index contributed by atoms with van der Waals surface area (Å²) in [6, 6.07) is 9.26. The fourth-order valence-electron chi connectivity index (χ4n) is 1.63. The second kappa shape index (κ2) is 6.89. The summed E-state index contributed by atoms with van der Waals surface area (Å²) in [7, 11) is 1.60. The Kier molecular flexibility index (Phi) is 5.51. The maximum atomic E-state index is 11.7. The summed E-state index contributed by atoms with van der Waals surface area (Å²) in [4.78, 5) is 23.2. The van der Waals surface area contributed by atoms with Crippen molar-refractivity contribution in [3.05, 3.63) is 30.3 Å². The molecule has 19 heavy (non-hydrogen) atoms. The molecule has 0 saturated heterocycles. The molecule has 0 heterocycles. The fourth-order valence-corrected chi connectivity index (χ4v) is 1.63. The molecule has 5 heteroatoms. The van der Waals surface area contributed by atoms with E-state index in [1.54, 1.807) is 7.05 Å². The zero-order chi connectivity index (χ0) is 14.3. The average molecular weight is 263 g/mol. The van der Waals surface area contributed by atoms with Gasteiger partial charge < -0.3 is 16.0 Å². The molecule has 0 aromatic heterocycles. The number of rotatable bonds is 6. The number of nitrogens with one attached hydrogen (secondary N) is 3. The van der Waals surface area contributed by atoms with Crippen LogP contribution in [0.4, 0.5) is 5.69 Å². The Bertz CT molecular complexity index is 430. The average Bonchev–Trinajstić information content (AvgIpc) is 2.38. The lowest BCUT2D eigenvalue weighted by atomic mass is 9.92. The van der Waals surface area contributed by atoms with Crippen molar-refractivity contribution in [2.45, 2.75) is 13.8 Å². The van der Waals surface area contributed by atoms with E-state index in [4.69, 9.17) is 0 Å². The normalized spacial score (nSPS) is 10.9. The van der Waals surface area contributed by atoms with Gasteiger partial charge in [-0.15, -0.1) is 0 Å². The van der Waals surface area contributed by atoms with Crippen molar-refractivity contribution in [1.29, 1.82) is 0 Å². The molecule has 0 spiro atoms. The highest BCUT2D eigenvalue weighted by Crippen LogP contribution is 2.12. The van der Waals surface area contributed by atoms with E-state index in [1.807, 2.05) is 44.2 Å². The first-order chi connectivity index (χ1) is 8.95. The molecule has 0 aliphatic carbocycles. The van der Waals surface area contributed by atoms with E-state index in [1.165, 1.54) is 0 Å². The van der Waals surface area contributed by atoms with Gasteiger partial charge in [0.15, 0.2) is 0 Å². The lowest BCUT2D eigenvalue weighted by Crippen LogP contribution is -2.43. The van der Waals surface area contributed by atoms with Gasteiger partial charge in [-0.2, -0.15) is 0 Å². The van der Waals surface area contributed by atoms with Crippen LogP contribution in [-0.2, 0) is 9.59 Å². The molecule has 1 aromatic rings. The maximum Gasteiger partial charge on any atom is 0.238 e. The summed E-state index contributed by atoms with van der Waals surface area (Å²) in [6.07, 6.45) is 0. The van der Waals surface area contributed by atoms with Crippen molar-refractivity contribution < 1.29 is 9.59 Å². The van der Waals surface area contributed by atoms with Gasteiger partial charge in [0.2, 0.25) is 11.8 Å². The van der Waals surface area contributed by atoms with E-state index >= 15 is 0 Å². The van der Waals surface area contributed by atoms with Crippen LogP contribution >= 0.6 is 0 Å². The Morgan fingerprint density at radius 3 is 2.37 bits per heavy atom. The van der Waals surface area contributed by atoms with Crippen LogP contribution in [-0.4, -0.2) is 32.0 Å². The van der Waals surface area contributed by atoms with E-state index in [2.05, 4.69) is 16.0 Å². The molecule has 5 nitrogen and oxygen atoms in total. The fraction of sp³-hybridized carbons (Fsp3) is 0.429. The van der Waals surface area contributed by atoms with Crippen molar-refractivity contribution in [3.63, 3.8) is 0 Å². The third kappa shape index (κ3) is 5.09. The maximum absolute atomic E-state index is 11.7. The number of anilines is 1. The summed E-state index contributed by atoms with van der Waals surface area (Å²) in [5.74, 6) is -0.178. The van der Waals surface area contributed by atoms with Gasteiger partial charge in [0.1, 0.15) is 0 Å². The van der Waals surface area contributed by atoms with Crippen LogP contribution in [0.3, 0.4) is 0 Å². The summed E-state index contributed by atoms with van der Waals surface area (Å²) in [6.45, 7) is 4.27. The molecule has 1 aromatic carbocycles. The predicted molar refractivity (Wildman–Crippen MR) is 75.8 cm³/mol. The highest BCUT2D eigenvalue weighted by atomic mass is 16.2. The molecular formula is C14H21N3O2. The van der Waals surface area contributed by atoms with E-state index in [0.29, 0.717) is 6.54 Å². The smallest absolute Gasteiger partial charge is 0.238 e. The van der Waals surface area contributed by atoms with Crippen LogP contribution in [0.15, 0.2) is 30.3 Å². The molecule has 104 valence electrons. The molecule has 0 saturated carbocycles. The molecule has 2 amide bonds. The van der Waals surface area contributed by atoms with E-state index in [0.717, 1.165) is 5.69 Å². The minimum absolute atomic E-state index is 0.0523. The van der Waals surface area contributed by atoms with Crippen LogP contribution in [0, 0.1) is 5.41 Å². The number of carbonyl (C=O) groups excluding carboxylic acids is 2. The molecular weight excluding hydrogens is 242 g/mol. The van der Waals surface area contributed by atoms with Gasteiger partial charge in [-0.3, -0.25) is 9.59 Å². The number of para-hydroxylation sites is 1. The Labute approximate surface area is 113 Å². The van der Waals surface area contributed by atoms with Crippen molar-refractivity contribution in [2.75, 3.05) is 25.5 Å². The van der Waals surface area contributed by atoms with Gasteiger partial charge >= 0.3 is 0 Å². The van der Waals surface area contributed by atoms with E-state index in [-0.39, 0.29) is 18.4 Å².